The molecule has 2 heterocycles. The molecule has 17 heavy (non-hydrogen) atoms. The van der Waals surface area contributed by atoms with Gasteiger partial charge in [-0.05, 0) is 12.8 Å². The Hall–Kier alpha value is -1.92. The fourth-order valence-electron chi connectivity index (χ4n) is 1.64. The number of aryl methyl sites for hydroxylation is 1. The van der Waals surface area contributed by atoms with Gasteiger partial charge in [0.2, 0.25) is 5.89 Å². The highest BCUT2D eigenvalue weighted by atomic mass is 16.5. The van der Waals surface area contributed by atoms with Crippen LogP contribution in [0.3, 0.4) is 0 Å². The van der Waals surface area contributed by atoms with Gasteiger partial charge >= 0.3 is 0 Å². The molecule has 2 N–H and O–H groups in total. The lowest BCUT2D eigenvalue weighted by Crippen LogP contribution is -2.08. The summed E-state index contributed by atoms with van der Waals surface area (Å²) in [5.74, 6) is 1.73. The molecule has 2 aromatic heterocycles. The first-order chi connectivity index (χ1) is 8.24. The van der Waals surface area contributed by atoms with Crippen LogP contribution in [0.4, 0.5) is 5.82 Å². The van der Waals surface area contributed by atoms with E-state index in [0.29, 0.717) is 24.1 Å². The van der Waals surface area contributed by atoms with Crippen LogP contribution in [0.2, 0.25) is 0 Å². The van der Waals surface area contributed by atoms with Gasteiger partial charge in [0.25, 0.3) is 0 Å². The highest BCUT2D eigenvalue weighted by Gasteiger charge is 2.12. The summed E-state index contributed by atoms with van der Waals surface area (Å²) in [4.78, 5) is 4.27. The highest BCUT2D eigenvalue weighted by molar-refractivity contribution is 5.32. The van der Waals surface area contributed by atoms with Crippen molar-refractivity contribution in [3.63, 3.8) is 0 Å². The first kappa shape index (κ1) is 11.6. The van der Waals surface area contributed by atoms with E-state index in [2.05, 4.69) is 27.4 Å². The quantitative estimate of drug-likeness (QED) is 0.825. The average Bonchev–Trinajstić information content (AvgIpc) is 2.88. The lowest BCUT2D eigenvalue weighted by Gasteiger charge is -2.00. The summed E-state index contributed by atoms with van der Waals surface area (Å²) in [5, 5.41) is 11.7. The Balaban J connectivity index is 2.13. The molecular formula is C10H16N6O. The molecule has 92 valence electrons. The summed E-state index contributed by atoms with van der Waals surface area (Å²) >= 11 is 0. The summed E-state index contributed by atoms with van der Waals surface area (Å²) in [6, 6.07) is 0. The molecule has 7 nitrogen and oxygen atoms in total. The summed E-state index contributed by atoms with van der Waals surface area (Å²) in [7, 11) is 0. The summed E-state index contributed by atoms with van der Waals surface area (Å²) in [5.41, 5.74) is 6.59. The molecule has 7 heteroatoms. The molecule has 0 radical (unpaired) electrons. The predicted octanol–water partition coefficient (Wildman–Crippen LogP) is 0.806. The fourth-order valence-corrected chi connectivity index (χ4v) is 1.64. The Kier molecular flexibility index (Phi) is 3.36. The summed E-state index contributed by atoms with van der Waals surface area (Å²) in [6.07, 6.45) is 2.56. The Morgan fingerprint density at radius 2 is 2.18 bits per heavy atom. The third kappa shape index (κ3) is 2.43. The maximum atomic E-state index is 5.70. The molecule has 0 aliphatic heterocycles. The molecule has 0 fully saturated rings. The van der Waals surface area contributed by atoms with Crippen LogP contribution in [-0.2, 0) is 19.4 Å². The van der Waals surface area contributed by atoms with Gasteiger partial charge in [-0.3, -0.25) is 0 Å². The Bertz CT molecular complexity index is 489. The summed E-state index contributed by atoms with van der Waals surface area (Å²) in [6.45, 7) is 4.52. The standard InChI is InChI=1S/C10H16N6O/c1-3-5-9-12-8(14-17-9)6-16-7(4-2)10(11)13-15-16/h3-6,11H2,1-2H3. The second-order valence-electron chi connectivity index (χ2n) is 3.79. The third-order valence-electron chi connectivity index (χ3n) is 2.47. The normalized spacial score (nSPS) is 10.9. The van der Waals surface area contributed by atoms with Gasteiger partial charge in [0.05, 0.1) is 5.69 Å². The van der Waals surface area contributed by atoms with Gasteiger partial charge in [-0.1, -0.05) is 24.2 Å². The van der Waals surface area contributed by atoms with E-state index < -0.39 is 0 Å². The minimum absolute atomic E-state index is 0.445. The second kappa shape index (κ2) is 4.94. The van der Waals surface area contributed by atoms with Gasteiger partial charge < -0.3 is 10.3 Å². The number of nitrogens with zero attached hydrogens (tertiary/aromatic N) is 5. The highest BCUT2D eigenvalue weighted by Crippen LogP contribution is 2.10. The van der Waals surface area contributed by atoms with E-state index in [9.17, 15) is 0 Å². The van der Waals surface area contributed by atoms with Crippen molar-refractivity contribution in [3.8, 4) is 0 Å². The van der Waals surface area contributed by atoms with Gasteiger partial charge in [-0.15, -0.1) is 5.10 Å². The van der Waals surface area contributed by atoms with Crippen LogP contribution < -0.4 is 5.73 Å². The number of aromatic nitrogens is 5. The van der Waals surface area contributed by atoms with Gasteiger partial charge in [0.1, 0.15) is 6.54 Å². The fraction of sp³-hybridized carbons (Fsp3) is 0.600. The molecular weight excluding hydrogens is 220 g/mol. The SMILES string of the molecule is CCCc1nc(Cn2nnc(N)c2CC)no1. The molecule has 0 aliphatic carbocycles. The van der Waals surface area contributed by atoms with Crippen LogP contribution in [0.1, 0.15) is 37.7 Å². The number of hydrogen-bond acceptors (Lipinski definition) is 6. The smallest absolute Gasteiger partial charge is 0.226 e. The van der Waals surface area contributed by atoms with Crippen molar-refractivity contribution in [2.24, 2.45) is 0 Å². The van der Waals surface area contributed by atoms with Crippen molar-refractivity contribution >= 4 is 5.82 Å². The van der Waals surface area contributed by atoms with Gasteiger partial charge in [0, 0.05) is 6.42 Å². The van der Waals surface area contributed by atoms with E-state index in [1.165, 1.54) is 0 Å². The molecule has 0 saturated carbocycles. The number of nitrogens with two attached hydrogens (primary N) is 1. The van der Waals surface area contributed by atoms with Crippen LogP contribution in [0.15, 0.2) is 4.52 Å². The average molecular weight is 236 g/mol. The summed E-state index contributed by atoms with van der Waals surface area (Å²) < 4.78 is 6.81. The van der Waals surface area contributed by atoms with E-state index in [4.69, 9.17) is 10.3 Å². The molecule has 0 aliphatic rings. The van der Waals surface area contributed by atoms with Crippen molar-refractivity contribution in [2.45, 2.75) is 39.7 Å². The maximum Gasteiger partial charge on any atom is 0.226 e. The van der Waals surface area contributed by atoms with Gasteiger partial charge in [-0.25, -0.2) is 4.68 Å². The number of rotatable bonds is 5. The molecule has 0 bridgehead atoms. The van der Waals surface area contributed by atoms with Crippen LogP contribution in [0, 0.1) is 0 Å². The molecule has 0 amide bonds. The molecule has 0 saturated heterocycles. The lowest BCUT2D eigenvalue weighted by atomic mass is 10.3. The lowest BCUT2D eigenvalue weighted by molar-refractivity contribution is 0.370. The van der Waals surface area contributed by atoms with Crippen molar-refractivity contribution in [1.82, 2.24) is 25.1 Å². The first-order valence-electron chi connectivity index (χ1n) is 5.73. The molecule has 0 atom stereocenters. The molecule has 2 aromatic rings. The largest absolute Gasteiger partial charge is 0.381 e. The van der Waals surface area contributed by atoms with Crippen LogP contribution in [0.5, 0.6) is 0 Å². The Labute approximate surface area is 99.0 Å². The minimum Gasteiger partial charge on any atom is -0.381 e. The topological polar surface area (TPSA) is 95.7 Å². The molecule has 0 aromatic carbocycles. The van der Waals surface area contributed by atoms with E-state index in [0.717, 1.165) is 25.0 Å². The number of hydrogen-bond donors (Lipinski definition) is 1. The first-order valence-corrected chi connectivity index (χ1v) is 5.73. The van der Waals surface area contributed by atoms with E-state index in [-0.39, 0.29) is 0 Å². The van der Waals surface area contributed by atoms with Gasteiger partial charge in [-0.2, -0.15) is 4.98 Å². The van der Waals surface area contributed by atoms with Crippen LogP contribution in [0.25, 0.3) is 0 Å². The zero-order valence-electron chi connectivity index (χ0n) is 10.1. The second-order valence-corrected chi connectivity index (χ2v) is 3.79. The zero-order chi connectivity index (χ0) is 12.3. The monoisotopic (exact) mass is 236 g/mol. The number of nitrogen functional groups attached to an aromatic ring is 1. The van der Waals surface area contributed by atoms with Gasteiger partial charge in [0.15, 0.2) is 11.6 Å². The maximum absolute atomic E-state index is 5.70. The van der Waals surface area contributed by atoms with Crippen molar-refractivity contribution in [1.29, 1.82) is 0 Å². The zero-order valence-corrected chi connectivity index (χ0v) is 10.1. The van der Waals surface area contributed by atoms with Crippen molar-refractivity contribution in [3.05, 3.63) is 17.4 Å². The van der Waals surface area contributed by atoms with Crippen molar-refractivity contribution in [2.75, 3.05) is 5.73 Å². The van der Waals surface area contributed by atoms with Crippen molar-refractivity contribution < 1.29 is 4.52 Å². The van der Waals surface area contributed by atoms with Crippen LogP contribution >= 0.6 is 0 Å². The molecule has 0 unspecified atom stereocenters. The molecule has 2 rings (SSSR count). The predicted molar refractivity (Wildman–Crippen MR) is 61.2 cm³/mol. The third-order valence-corrected chi connectivity index (χ3v) is 2.47. The Morgan fingerprint density at radius 1 is 1.35 bits per heavy atom. The Morgan fingerprint density at radius 3 is 2.88 bits per heavy atom. The minimum atomic E-state index is 0.445. The number of anilines is 1. The van der Waals surface area contributed by atoms with Crippen LogP contribution in [-0.4, -0.2) is 25.1 Å². The molecule has 0 spiro atoms. The van der Waals surface area contributed by atoms with E-state index in [1.807, 2.05) is 6.92 Å². The van der Waals surface area contributed by atoms with E-state index in [1.54, 1.807) is 4.68 Å². The van der Waals surface area contributed by atoms with E-state index >= 15 is 0 Å².